The molecule has 3 aliphatic carbocycles. The third-order valence-corrected chi connectivity index (χ3v) is 6.02. The van der Waals surface area contributed by atoms with Gasteiger partial charge in [0.05, 0.1) is 0 Å². The third kappa shape index (κ3) is 2.05. The van der Waals surface area contributed by atoms with Crippen LogP contribution in [0.4, 0.5) is 0 Å². The molecule has 3 aliphatic rings. The first-order valence-electron chi connectivity index (χ1n) is 7.72. The molecule has 0 heterocycles. The molecule has 6 unspecified atom stereocenters. The normalized spacial score (nSPS) is 52.9. The standard InChI is InChI=1S/C16H28/c1-11-3-5-13-10-16-8-12(2)4-6-14(16)9-15(13)7-11/h11-16H,3-10H2,1-2H3. The summed E-state index contributed by atoms with van der Waals surface area (Å²) in [4.78, 5) is 0. The average Bonchev–Trinajstić information content (AvgIpc) is 2.26. The summed E-state index contributed by atoms with van der Waals surface area (Å²) in [7, 11) is 0. The second-order valence-electron chi connectivity index (χ2n) is 7.35. The highest BCUT2D eigenvalue weighted by molar-refractivity contribution is 4.91. The highest BCUT2D eigenvalue weighted by Gasteiger charge is 2.41. The van der Waals surface area contributed by atoms with Crippen molar-refractivity contribution in [2.45, 2.75) is 65.2 Å². The molecule has 0 aromatic rings. The van der Waals surface area contributed by atoms with Crippen LogP contribution in [0.2, 0.25) is 0 Å². The van der Waals surface area contributed by atoms with Gasteiger partial charge in [0.15, 0.2) is 0 Å². The van der Waals surface area contributed by atoms with Crippen LogP contribution < -0.4 is 0 Å². The molecule has 92 valence electrons. The molecule has 0 spiro atoms. The van der Waals surface area contributed by atoms with Crippen molar-refractivity contribution in [1.82, 2.24) is 0 Å². The Kier molecular flexibility index (Phi) is 3.02. The van der Waals surface area contributed by atoms with Gasteiger partial charge in [0.2, 0.25) is 0 Å². The molecule has 0 bridgehead atoms. The molecule has 3 fully saturated rings. The molecule has 0 nitrogen and oxygen atoms in total. The van der Waals surface area contributed by atoms with E-state index in [9.17, 15) is 0 Å². The maximum absolute atomic E-state index is 2.48. The Morgan fingerprint density at radius 2 is 0.938 bits per heavy atom. The van der Waals surface area contributed by atoms with Crippen molar-refractivity contribution < 1.29 is 0 Å². The van der Waals surface area contributed by atoms with Gasteiger partial charge < -0.3 is 0 Å². The van der Waals surface area contributed by atoms with Gasteiger partial charge in [-0.1, -0.05) is 26.7 Å². The third-order valence-electron chi connectivity index (χ3n) is 6.02. The first kappa shape index (κ1) is 11.1. The monoisotopic (exact) mass is 220 g/mol. The molecule has 0 saturated heterocycles. The van der Waals surface area contributed by atoms with Crippen LogP contribution in [0.25, 0.3) is 0 Å². The van der Waals surface area contributed by atoms with Gasteiger partial charge in [-0.05, 0) is 74.0 Å². The van der Waals surface area contributed by atoms with E-state index in [1.165, 1.54) is 12.8 Å². The second-order valence-corrected chi connectivity index (χ2v) is 7.35. The smallest absolute Gasteiger partial charge is 0.0380 e. The summed E-state index contributed by atoms with van der Waals surface area (Å²) >= 11 is 0. The van der Waals surface area contributed by atoms with Crippen molar-refractivity contribution in [3.05, 3.63) is 0 Å². The molecule has 0 aromatic heterocycles. The highest BCUT2D eigenvalue weighted by Crippen LogP contribution is 2.51. The number of hydrogen-bond donors (Lipinski definition) is 0. The number of rotatable bonds is 0. The minimum absolute atomic E-state index is 1.03. The van der Waals surface area contributed by atoms with Crippen LogP contribution >= 0.6 is 0 Å². The molecular weight excluding hydrogens is 192 g/mol. The van der Waals surface area contributed by atoms with Gasteiger partial charge in [0, 0.05) is 0 Å². The minimum Gasteiger partial charge on any atom is -0.0625 e. The summed E-state index contributed by atoms with van der Waals surface area (Å²) in [5.74, 6) is 6.56. The summed E-state index contributed by atoms with van der Waals surface area (Å²) in [6.07, 6.45) is 12.5. The topological polar surface area (TPSA) is 0 Å². The minimum atomic E-state index is 1.03. The van der Waals surface area contributed by atoms with Gasteiger partial charge in [-0.15, -0.1) is 0 Å². The molecule has 0 heteroatoms. The SMILES string of the molecule is CC1CCC2CC3CC(C)CCC3CC2C1. The van der Waals surface area contributed by atoms with Crippen molar-refractivity contribution in [3.63, 3.8) is 0 Å². The van der Waals surface area contributed by atoms with Gasteiger partial charge in [0.25, 0.3) is 0 Å². The maximum atomic E-state index is 2.48. The Morgan fingerprint density at radius 1 is 0.500 bits per heavy atom. The lowest BCUT2D eigenvalue weighted by molar-refractivity contribution is 0.0255. The zero-order valence-electron chi connectivity index (χ0n) is 11.1. The van der Waals surface area contributed by atoms with E-state index in [2.05, 4.69) is 13.8 Å². The Labute approximate surface area is 101 Å². The molecule has 16 heavy (non-hydrogen) atoms. The van der Waals surface area contributed by atoms with Crippen LogP contribution in [0.15, 0.2) is 0 Å². The van der Waals surface area contributed by atoms with Crippen LogP contribution in [0.1, 0.15) is 65.2 Å². The molecule has 3 saturated carbocycles. The predicted molar refractivity (Wildman–Crippen MR) is 69.2 cm³/mol. The zero-order chi connectivity index (χ0) is 11.1. The first-order chi connectivity index (χ1) is 7.72. The highest BCUT2D eigenvalue weighted by atomic mass is 14.5. The fourth-order valence-electron chi connectivity index (χ4n) is 5.10. The summed E-state index contributed by atoms with van der Waals surface area (Å²) in [5.41, 5.74) is 0. The van der Waals surface area contributed by atoms with Crippen molar-refractivity contribution >= 4 is 0 Å². The molecule has 0 N–H and O–H groups in total. The van der Waals surface area contributed by atoms with E-state index >= 15 is 0 Å². The lowest BCUT2D eigenvalue weighted by atomic mass is 9.57. The van der Waals surface area contributed by atoms with Gasteiger partial charge >= 0.3 is 0 Å². The quantitative estimate of drug-likeness (QED) is 0.545. The fourth-order valence-corrected chi connectivity index (χ4v) is 5.10. The van der Waals surface area contributed by atoms with Gasteiger partial charge in [-0.2, -0.15) is 0 Å². The van der Waals surface area contributed by atoms with E-state index in [0.717, 1.165) is 35.5 Å². The van der Waals surface area contributed by atoms with E-state index < -0.39 is 0 Å². The molecule has 0 amide bonds. The Balaban J connectivity index is 1.66. The first-order valence-corrected chi connectivity index (χ1v) is 7.72. The van der Waals surface area contributed by atoms with Crippen molar-refractivity contribution in [2.75, 3.05) is 0 Å². The molecule has 6 atom stereocenters. The van der Waals surface area contributed by atoms with Gasteiger partial charge in [-0.3, -0.25) is 0 Å². The van der Waals surface area contributed by atoms with E-state index in [0.29, 0.717) is 0 Å². The Bertz CT molecular complexity index is 218. The lowest BCUT2D eigenvalue weighted by Gasteiger charge is -2.48. The second kappa shape index (κ2) is 4.35. The summed E-state index contributed by atoms with van der Waals surface area (Å²) in [6, 6.07) is 0. The maximum Gasteiger partial charge on any atom is -0.0380 e. The van der Waals surface area contributed by atoms with Crippen LogP contribution in [-0.2, 0) is 0 Å². The summed E-state index contributed by atoms with van der Waals surface area (Å²) in [6.45, 7) is 4.95. The molecule has 0 aliphatic heterocycles. The van der Waals surface area contributed by atoms with Crippen molar-refractivity contribution in [3.8, 4) is 0 Å². The molecule has 0 radical (unpaired) electrons. The van der Waals surface area contributed by atoms with Crippen LogP contribution in [0.5, 0.6) is 0 Å². The largest absolute Gasteiger partial charge is 0.0625 e. The molecule has 3 rings (SSSR count). The molecular formula is C16H28. The van der Waals surface area contributed by atoms with Gasteiger partial charge in [-0.25, -0.2) is 0 Å². The zero-order valence-corrected chi connectivity index (χ0v) is 11.1. The van der Waals surface area contributed by atoms with Crippen LogP contribution in [-0.4, -0.2) is 0 Å². The number of fused-ring (bicyclic) bond motifs is 2. The number of hydrogen-bond acceptors (Lipinski definition) is 0. The van der Waals surface area contributed by atoms with Crippen LogP contribution in [0.3, 0.4) is 0 Å². The Morgan fingerprint density at radius 3 is 1.38 bits per heavy atom. The predicted octanol–water partition coefficient (Wildman–Crippen LogP) is 4.89. The Hall–Kier alpha value is 0. The summed E-state index contributed by atoms with van der Waals surface area (Å²) in [5, 5.41) is 0. The van der Waals surface area contributed by atoms with E-state index in [1.54, 1.807) is 38.5 Å². The molecule has 0 aromatic carbocycles. The van der Waals surface area contributed by atoms with Gasteiger partial charge in [0.1, 0.15) is 0 Å². The van der Waals surface area contributed by atoms with Crippen LogP contribution in [0, 0.1) is 35.5 Å². The van der Waals surface area contributed by atoms with Crippen molar-refractivity contribution in [1.29, 1.82) is 0 Å². The summed E-state index contributed by atoms with van der Waals surface area (Å²) < 4.78 is 0. The van der Waals surface area contributed by atoms with Crippen molar-refractivity contribution in [2.24, 2.45) is 35.5 Å². The van der Waals surface area contributed by atoms with E-state index in [1.807, 2.05) is 0 Å². The van der Waals surface area contributed by atoms with E-state index in [4.69, 9.17) is 0 Å². The average molecular weight is 220 g/mol. The fraction of sp³-hybridized carbons (Fsp3) is 1.00. The van der Waals surface area contributed by atoms with E-state index in [-0.39, 0.29) is 0 Å². The lowest BCUT2D eigenvalue weighted by Crippen LogP contribution is -2.38.